The van der Waals surface area contributed by atoms with Gasteiger partial charge in [0.15, 0.2) is 0 Å². The number of nitrogens with zero attached hydrogens (tertiary/aromatic N) is 2. The van der Waals surface area contributed by atoms with E-state index in [-0.39, 0.29) is 31.0 Å². The van der Waals surface area contributed by atoms with E-state index in [9.17, 15) is 13.6 Å². The molecule has 2 aromatic carbocycles. The lowest BCUT2D eigenvalue weighted by Crippen LogP contribution is -2.23. The molecule has 3 aromatic rings. The predicted molar refractivity (Wildman–Crippen MR) is 105 cm³/mol. The van der Waals surface area contributed by atoms with Gasteiger partial charge in [-0.2, -0.15) is 8.78 Å². The van der Waals surface area contributed by atoms with Crippen molar-refractivity contribution >= 4 is 21.8 Å². The fourth-order valence-corrected chi connectivity index (χ4v) is 2.98. The van der Waals surface area contributed by atoms with Gasteiger partial charge in [-0.1, -0.05) is 33.6 Å². The summed E-state index contributed by atoms with van der Waals surface area (Å²) in [4.78, 5) is 12.1. The van der Waals surface area contributed by atoms with Crippen molar-refractivity contribution in [2.24, 2.45) is 0 Å². The largest absolute Gasteiger partial charge is 0.434 e. The molecule has 0 aliphatic rings. The fourth-order valence-electron chi connectivity index (χ4n) is 2.57. The third-order valence-corrected chi connectivity index (χ3v) is 4.54. The molecule has 1 heterocycles. The predicted octanol–water partition coefficient (Wildman–Crippen LogP) is 4.66. The molecule has 0 aliphatic heterocycles. The van der Waals surface area contributed by atoms with E-state index >= 15 is 0 Å². The van der Waals surface area contributed by atoms with Crippen LogP contribution < -0.4 is 10.1 Å². The molecule has 0 spiro atoms. The van der Waals surface area contributed by atoms with E-state index in [1.807, 2.05) is 31.2 Å². The molecule has 3 rings (SSSR count). The summed E-state index contributed by atoms with van der Waals surface area (Å²) >= 11 is 3.27. The van der Waals surface area contributed by atoms with Gasteiger partial charge in [-0.15, -0.1) is 10.2 Å². The van der Waals surface area contributed by atoms with Crippen LogP contribution in [0, 0.1) is 6.92 Å². The Balaban J connectivity index is 1.53. The van der Waals surface area contributed by atoms with Crippen LogP contribution in [0.3, 0.4) is 0 Å². The molecular formula is C20H18BrF2N3O3. The first-order valence-corrected chi connectivity index (χ1v) is 9.59. The second-order valence-corrected chi connectivity index (χ2v) is 7.19. The van der Waals surface area contributed by atoms with Crippen LogP contribution in [-0.2, 0) is 17.8 Å². The molecular weight excluding hydrogens is 448 g/mol. The van der Waals surface area contributed by atoms with E-state index < -0.39 is 6.61 Å². The summed E-state index contributed by atoms with van der Waals surface area (Å²) in [6, 6.07) is 12.3. The highest BCUT2D eigenvalue weighted by Gasteiger charge is 2.13. The number of aromatic nitrogens is 2. The standard InChI is InChI=1S/C20H18BrF2N3O3/c1-12-2-4-13(5-3-12)19-26-25-18(29-19)9-8-17(27)24-11-14-10-15(21)6-7-16(14)28-20(22)23/h2-7,10,20H,8-9,11H2,1H3,(H,24,27). The van der Waals surface area contributed by atoms with Crippen LogP contribution >= 0.6 is 15.9 Å². The first kappa shape index (κ1) is 20.9. The molecule has 1 aromatic heterocycles. The number of halogens is 3. The number of amides is 1. The van der Waals surface area contributed by atoms with Crippen LogP contribution in [0.5, 0.6) is 5.75 Å². The Morgan fingerprint density at radius 1 is 1.21 bits per heavy atom. The minimum absolute atomic E-state index is 0.0168. The third kappa shape index (κ3) is 6.08. The first-order chi connectivity index (χ1) is 13.9. The molecule has 152 valence electrons. The first-order valence-electron chi connectivity index (χ1n) is 8.80. The van der Waals surface area contributed by atoms with Gasteiger partial charge in [-0.3, -0.25) is 4.79 Å². The van der Waals surface area contributed by atoms with Crippen molar-refractivity contribution in [1.82, 2.24) is 15.5 Å². The van der Waals surface area contributed by atoms with Gasteiger partial charge in [-0.25, -0.2) is 0 Å². The molecule has 0 fully saturated rings. The average Bonchev–Trinajstić information content (AvgIpc) is 3.16. The maximum atomic E-state index is 12.5. The van der Waals surface area contributed by atoms with Crippen molar-refractivity contribution in [3.8, 4) is 17.2 Å². The number of benzene rings is 2. The molecule has 0 radical (unpaired) electrons. The number of hydrogen-bond acceptors (Lipinski definition) is 5. The molecule has 6 nitrogen and oxygen atoms in total. The van der Waals surface area contributed by atoms with Gasteiger partial charge in [-0.05, 0) is 37.3 Å². The zero-order chi connectivity index (χ0) is 20.8. The van der Waals surface area contributed by atoms with Gasteiger partial charge in [0.1, 0.15) is 5.75 Å². The summed E-state index contributed by atoms with van der Waals surface area (Å²) in [6.07, 6.45) is 0.387. The highest BCUT2D eigenvalue weighted by molar-refractivity contribution is 9.10. The Labute approximate surface area is 174 Å². The molecule has 9 heteroatoms. The molecule has 0 saturated carbocycles. The minimum atomic E-state index is -2.94. The summed E-state index contributed by atoms with van der Waals surface area (Å²) < 4.78 is 35.8. The zero-order valence-electron chi connectivity index (χ0n) is 15.5. The summed E-state index contributed by atoms with van der Waals surface area (Å²) in [5, 5.41) is 10.6. The fraction of sp³-hybridized carbons (Fsp3) is 0.250. The monoisotopic (exact) mass is 465 g/mol. The number of ether oxygens (including phenoxy) is 1. The maximum absolute atomic E-state index is 12.5. The lowest BCUT2D eigenvalue weighted by Gasteiger charge is -2.12. The zero-order valence-corrected chi connectivity index (χ0v) is 17.1. The number of alkyl halides is 2. The summed E-state index contributed by atoms with van der Waals surface area (Å²) in [7, 11) is 0. The lowest BCUT2D eigenvalue weighted by molar-refractivity contribution is -0.121. The van der Waals surface area contributed by atoms with Crippen LogP contribution in [-0.4, -0.2) is 22.7 Å². The Bertz CT molecular complexity index is 977. The molecule has 0 atom stereocenters. The summed E-state index contributed by atoms with van der Waals surface area (Å²) in [5.74, 6) is 0.481. The van der Waals surface area contributed by atoms with Gasteiger partial charge in [0.25, 0.3) is 0 Å². The smallest absolute Gasteiger partial charge is 0.387 e. The number of carbonyl (C=O) groups is 1. The van der Waals surface area contributed by atoms with Gasteiger partial charge < -0.3 is 14.5 Å². The molecule has 1 amide bonds. The second kappa shape index (κ2) is 9.60. The topological polar surface area (TPSA) is 77.2 Å². The van der Waals surface area contributed by atoms with E-state index in [0.29, 0.717) is 21.8 Å². The van der Waals surface area contributed by atoms with Gasteiger partial charge in [0, 0.05) is 35.0 Å². The van der Waals surface area contributed by atoms with E-state index in [0.717, 1.165) is 11.1 Å². The number of carbonyl (C=O) groups excluding carboxylic acids is 1. The normalized spacial score (nSPS) is 10.9. The molecule has 29 heavy (non-hydrogen) atoms. The Hall–Kier alpha value is -2.81. The van der Waals surface area contributed by atoms with Gasteiger partial charge in [0.05, 0.1) is 0 Å². The SMILES string of the molecule is Cc1ccc(-c2nnc(CCC(=O)NCc3cc(Br)ccc3OC(F)F)o2)cc1. The van der Waals surface area contributed by atoms with Crippen LogP contribution in [0.15, 0.2) is 51.4 Å². The highest BCUT2D eigenvalue weighted by atomic mass is 79.9. The van der Waals surface area contributed by atoms with E-state index in [1.165, 1.54) is 6.07 Å². The van der Waals surface area contributed by atoms with Crippen molar-refractivity contribution in [2.75, 3.05) is 0 Å². The van der Waals surface area contributed by atoms with Crippen LogP contribution in [0.4, 0.5) is 8.78 Å². The maximum Gasteiger partial charge on any atom is 0.387 e. The summed E-state index contributed by atoms with van der Waals surface area (Å²) in [5.41, 5.74) is 2.37. The Morgan fingerprint density at radius 3 is 2.69 bits per heavy atom. The van der Waals surface area contributed by atoms with E-state index in [1.54, 1.807) is 12.1 Å². The van der Waals surface area contributed by atoms with Crippen LogP contribution in [0.2, 0.25) is 0 Å². The average molecular weight is 466 g/mol. The molecule has 1 N–H and O–H groups in total. The second-order valence-electron chi connectivity index (χ2n) is 6.27. The van der Waals surface area contributed by atoms with E-state index in [4.69, 9.17) is 4.42 Å². The van der Waals surface area contributed by atoms with Crippen molar-refractivity contribution in [3.05, 3.63) is 64.0 Å². The molecule has 0 aliphatic carbocycles. The highest BCUT2D eigenvalue weighted by Crippen LogP contribution is 2.25. The minimum Gasteiger partial charge on any atom is -0.434 e. The number of aryl methyl sites for hydroxylation is 2. The third-order valence-electron chi connectivity index (χ3n) is 4.05. The number of rotatable bonds is 8. The molecule has 0 bridgehead atoms. The van der Waals surface area contributed by atoms with Crippen molar-refractivity contribution in [2.45, 2.75) is 32.9 Å². The number of hydrogen-bond donors (Lipinski definition) is 1. The van der Waals surface area contributed by atoms with Crippen molar-refractivity contribution in [1.29, 1.82) is 0 Å². The van der Waals surface area contributed by atoms with Crippen molar-refractivity contribution in [3.63, 3.8) is 0 Å². The van der Waals surface area contributed by atoms with E-state index in [2.05, 4.69) is 36.2 Å². The van der Waals surface area contributed by atoms with Crippen molar-refractivity contribution < 1.29 is 22.7 Å². The lowest BCUT2D eigenvalue weighted by atomic mass is 10.1. The quantitative estimate of drug-likeness (QED) is 0.523. The Kier molecular flexibility index (Phi) is 6.92. The van der Waals surface area contributed by atoms with Gasteiger partial charge in [0.2, 0.25) is 17.7 Å². The van der Waals surface area contributed by atoms with Crippen LogP contribution in [0.1, 0.15) is 23.4 Å². The Morgan fingerprint density at radius 2 is 1.97 bits per heavy atom. The molecule has 0 unspecified atom stereocenters. The molecule has 0 saturated heterocycles. The van der Waals surface area contributed by atoms with Crippen LogP contribution in [0.25, 0.3) is 11.5 Å². The summed E-state index contributed by atoms with van der Waals surface area (Å²) in [6.45, 7) is -0.900. The van der Waals surface area contributed by atoms with Gasteiger partial charge >= 0.3 is 6.61 Å². The number of nitrogens with one attached hydrogen (secondary N) is 1.